The highest BCUT2D eigenvalue weighted by Crippen LogP contribution is 2.14. The predicted molar refractivity (Wildman–Crippen MR) is 65.8 cm³/mol. The van der Waals surface area contributed by atoms with Gasteiger partial charge in [0.15, 0.2) is 0 Å². The van der Waals surface area contributed by atoms with Crippen molar-refractivity contribution in [2.24, 2.45) is 0 Å². The summed E-state index contributed by atoms with van der Waals surface area (Å²) in [6.45, 7) is 6.15. The highest BCUT2D eigenvalue weighted by atomic mass is 35.5. The Morgan fingerprint density at radius 3 is 2.75 bits per heavy atom. The molecule has 90 valence electrons. The van der Waals surface area contributed by atoms with Gasteiger partial charge in [-0.3, -0.25) is 0 Å². The minimum Gasteiger partial charge on any atom is -0.388 e. The lowest BCUT2D eigenvalue weighted by Crippen LogP contribution is -2.33. The third-order valence-electron chi connectivity index (χ3n) is 2.27. The first kappa shape index (κ1) is 13.2. The maximum Gasteiger partial charge on any atom is 0.224 e. The third-order valence-corrected chi connectivity index (χ3v) is 2.43. The molecular formula is C11H18ClN3O. The summed E-state index contributed by atoms with van der Waals surface area (Å²) in [7, 11) is 0. The van der Waals surface area contributed by atoms with Crippen LogP contribution in [0.15, 0.2) is 6.07 Å². The van der Waals surface area contributed by atoms with Gasteiger partial charge in [-0.1, -0.05) is 13.3 Å². The molecule has 1 atom stereocenters. The Labute approximate surface area is 101 Å². The van der Waals surface area contributed by atoms with Crippen molar-refractivity contribution in [3.05, 3.63) is 17.0 Å². The quantitative estimate of drug-likeness (QED) is 0.780. The predicted octanol–water partition coefficient (Wildman–Crippen LogP) is 2.40. The minimum atomic E-state index is -0.722. The SMILES string of the molecule is CCCC(C)(O)CNc1cc(C)nc(Cl)n1. The maximum absolute atomic E-state index is 9.98. The van der Waals surface area contributed by atoms with E-state index in [1.165, 1.54) is 0 Å². The molecule has 1 unspecified atom stereocenters. The smallest absolute Gasteiger partial charge is 0.224 e. The van der Waals surface area contributed by atoms with Gasteiger partial charge in [0.25, 0.3) is 0 Å². The molecular weight excluding hydrogens is 226 g/mol. The fourth-order valence-electron chi connectivity index (χ4n) is 1.53. The van der Waals surface area contributed by atoms with Gasteiger partial charge in [0, 0.05) is 18.3 Å². The van der Waals surface area contributed by atoms with Crippen LogP contribution in [-0.2, 0) is 0 Å². The Kier molecular flexibility index (Phi) is 4.50. The van der Waals surface area contributed by atoms with E-state index in [1.807, 2.05) is 13.8 Å². The number of rotatable bonds is 5. The van der Waals surface area contributed by atoms with Crippen molar-refractivity contribution in [3.63, 3.8) is 0 Å². The summed E-state index contributed by atoms with van der Waals surface area (Å²) in [6.07, 6.45) is 1.69. The lowest BCUT2D eigenvalue weighted by Gasteiger charge is -2.23. The van der Waals surface area contributed by atoms with E-state index in [4.69, 9.17) is 11.6 Å². The molecule has 0 fully saturated rings. The molecule has 1 aromatic heterocycles. The van der Waals surface area contributed by atoms with Crippen molar-refractivity contribution in [1.82, 2.24) is 9.97 Å². The summed E-state index contributed by atoms with van der Waals surface area (Å²) in [6, 6.07) is 1.80. The minimum absolute atomic E-state index is 0.220. The zero-order valence-corrected chi connectivity index (χ0v) is 10.7. The Bertz CT molecular complexity index is 335. The van der Waals surface area contributed by atoms with E-state index in [0.717, 1.165) is 18.5 Å². The van der Waals surface area contributed by atoms with Crippen LogP contribution in [0, 0.1) is 6.92 Å². The van der Waals surface area contributed by atoms with E-state index < -0.39 is 5.60 Å². The van der Waals surface area contributed by atoms with Gasteiger partial charge in [-0.25, -0.2) is 9.97 Å². The second-order valence-electron chi connectivity index (χ2n) is 4.26. The number of halogens is 1. The highest BCUT2D eigenvalue weighted by Gasteiger charge is 2.18. The van der Waals surface area contributed by atoms with Gasteiger partial charge in [0.05, 0.1) is 5.60 Å². The zero-order valence-electron chi connectivity index (χ0n) is 9.92. The largest absolute Gasteiger partial charge is 0.388 e. The topological polar surface area (TPSA) is 58.0 Å². The molecule has 2 N–H and O–H groups in total. The Morgan fingerprint density at radius 1 is 1.50 bits per heavy atom. The monoisotopic (exact) mass is 243 g/mol. The number of hydrogen-bond acceptors (Lipinski definition) is 4. The van der Waals surface area contributed by atoms with Crippen molar-refractivity contribution in [2.45, 2.75) is 39.2 Å². The molecule has 4 nitrogen and oxygen atoms in total. The average molecular weight is 244 g/mol. The molecule has 1 aromatic rings. The van der Waals surface area contributed by atoms with Crippen LogP contribution in [0.5, 0.6) is 0 Å². The number of anilines is 1. The number of nitrogens with one attached hydrogen (secondary N) is 1. The van der Waals surface area contributed by atoms with Crippen molar-refractivity contribution in [1.29, 1.82) is 0 Å². The molecule has 5 heteroatoms. The van der Waals surface area contributed by atoms with E-state index in [-0.39, 0.29) is 5.28 Å². The van der Waals surface area contributed by atoms with Crippen LogP contribution in [0.3, 0.4) is 0 Å². The van der Waals surface area contributed by atoms with Crippen molar-refractivity contribution >= 4 is 17.4 Å². The van der Waals surface area contributed by atoms with Crippen LogP contribution in [0.2, 0.25) is 5.28 Å². The summed E-state index contributed by atoms with van der Waals surface area (Å²) in [4.78, 5) is 8.00. The standard InChI is InChI=1S/C11H18ClN3O/c1-4-5-11(3,16)7-13-9-6-8(2)14-10(12)15-9/h6,16H,4-5,7H2,1-3H3,(H,13,14,15). The van der Waals surface area contributed by atoms with Crippen LogP contribution in [0.1, 0.15) is 32.4 Å². The average Bonchev–Trinajstić information content (AvgIpc) is 2.13. The number of aromatic nitrogens is 2. The second-order valence-corrected chi connectivity index (χ2v) is 4.60. The first-order chi connectivity index (χ1) is 7.43. The van der Waals surface area contributed by atoms with Crippen LogP contribution >= 0.6 is 11.6 Å². The maximum atomic E-state index is 9.98. The number of aliphatic hydroxyl groups is 1. The fraction of sp³-hybridized carbons (Fsp3) is 0.636. The van der Waals surface area contributed by atoms with Gasteiger partial charge in [-0.2, -0.15) is 0 Å². The van der Waals surface area contributed by atoms with Gasteiger partial charge in [-0.15, -0.1) is 0 Å². The summed E-state index contributed by atoms with van der Waals surface area (Å²) < 4.78 is 0. The fourth-order valence-corrected chi connectivity index (χ4v) is 1.76. The van der Waals surface area contributed by atoms with E-state index in [1.54, 1.807) is 13.0 Å². The summed E-state index contributed by atoms with van der Waals surface area (Å²) in [5, 5.41) is 13.3. The second kappa shape index (κ2) is 5.46. The Hall–Kier alpha value is -0.870. The van der Waals surface area contributed by atoms with Crippen LogP contribution in [-0.4, -0.2) is 27.2 Å². The van der Waals surface area contributed by atoms with Gasteiger partial charge in [0.1, 0.15) is 5.82 Å². The highest BCUT2D eigenvalue weighted by molar-refractivity contribution is 6.28. The zero-order chi connectivity index (χ0) is 12.2. The first-order valence-corrected chi connectivity index (χ1v) is 5.78. The van der Waals surface area contributed by atoms with Crippen LogP contribution < -0.4 is 5.32 Å². The first-order valence-electron chi connectivity index (χ1n) is 5.40. The molecule has 0 saturated heterocycles. The molecule has 0 aliphatic rings. The molecule has 0 spiro atoms. The van der Waals surface area contributed by atoms with Gasteiger partial charge >= 0.3 is 0 Å². The van der Waals surface area contributed by atoms with Gasteiger partial charge < -0.3 is 10.4 Å². The van der Waals surface area contributed by atoms with E-state index in [9.17, 15) is 5.11 Å². The molecule has 0 radical (unpaired) electrons. The molecule has 0 aromatic carbocycles. The molecule has 0 aliphatic heterocycles. The third kappa shape index (κ3) is 4.33. The van der Waals surface area contributed by atoms with E-state index in [0.29, 0.717) is 12.4 Å². The summed E-state index contributed by atoms with van der Waals surface area (Å²) >= 11 is 5.74. The van der Waals surface area contributed by atoms with E-state index in [2.05, 4.69) is 15.3 Å². The molecule has 0 saturated carbocycles. The molecule has 0 aliphatic carbocycles. The number of aryl methyl sites for hydroxylation is 1. The van der Waals surface area contributed by atoms with Crippen molar-refractivity contribution in [3.8, 4) is 0 Å². The van der Waals surface area contributed by atoms with Crippen molar-refractivity contribution in [2.75, 3.05) is 11.9 Å². The Morgan fingerprint density at radius 2 is 2.19 bits per heavy atom. The lowest BCUT2D eigenvalue weighted by molar-refractivity contribution is 0.0636. The van der Waals surface area contributed by atoms with Gasteiger partial charge in [-0.05, 0) is 31.9 Å². The molecule has 0 bridgehead atoms. The normalized spacial score (nSPS) is 14.6. The van der Waals surface area contributed by atoms with Crippen LogP contribution in [0.25, 0.3) is 0 Å². The molecule has 1 heterocycles. The van der Waals surface area contributed by atoms with Gasteiger partial charge in [0.2, 0.25) is 5.28 Å². The molecule has 0 amide bonds. The summed E-state index contributed by atoms with van der Waals surface area (Å²) in [5.41, 5.74) is 0.0812. The van der Waals surface area contributed by atoms with Crippen LogP contribution in [0.4, 0.5) is 5.82 Å². The molecule has 16 heavy (non-hydrogen) atoms. The van der Waals surface area contributed by atoms with Crippen molar-refractivity contribution < 1.29 is 5.11 Å². The molecule has 1 rings (SSSR count). The number of nitrogens with zero attached hydrogens (tertiary/aromatic N) is 2. The Balaban J connectivity index is 2.60. The lowest BCUT2D eigenvalue weighted by atomic mass is 10.0. The van der Waals surface area contributed by atoms with E-state index >= 15 is 0 Å². The number of hydrogen-bond donors (Lipinski definition) is 2. The summed E-state index contributed by atoms with van der Waals surface area (Å²) in [5.74, 6) is 0.647.